The van der Waals surface area contributed by atoms with Crippen molar-refractivity contribution < 1.29 is 14.6 Å². The fourth-order valence-electron chi connectivity index (χ4n) is 3.03. The van der Waals surface area contributed by atoms with Crippen molar-refractivity contribution >= 4 is 23.5 Å². The minimum atomic E-state index is -0.106. The first-order chi connectivity index (χ1) is 12.9. The number of nitrogens with zero attached hydrogens (tertiary/aromatic N) is 2. The third-order valence-corrected chi connectivity index (χ3v) is 5.61. The summed E-state index contributed by atoms with van der Waals surface area (Å²) in [5, 5.41) is 13.2. The summed E-state index contributed by atoms with van der Waals surface area (Å²) >= 11 is 1.61. The number of amides is 1. The number of hydrogen-bond donors (Lipinski definition) is 2. The van der Waals surface area contributed by atoms with Crippen LogP contribution in [-0.4, -0.2) is 61.2 Å². The summed E-state index contributed by atoms with van der Waals surface area (Å²) in [5.74, 6) is 1.73. The second-order valence-corrected chi connectivity index (χ2v) is 8.94. The highest BCUT2D eigenvalue weighted by molar-refractivity contribution is 7.99. The van der Waals surface area contributed by atoms with Crippen LogP contribution in [0.5, 0.6) is 0 Å². The van der Waals surface area contributed by atoms with Gasteiger partial charge in [-0.1, -0.05) is 20.8 Å². The molecule has 27 heavy (non-hydrogen) atoms. The largest absolute Gasteiger partial charge is 0.396 e. The zero-order valence-electron chi connectivity index (χ0n) is 17.0. The van der Waals surface area contributed by atoms with Gasteiger partial charge in [0.05, 0.1) is 18.8 Å². The zero-order chi connectivity index (χ0) is 19.9. The van der Waals surface area contributed by atoms with Crippen LogP contribution >= 0.6 is 11.8 Å². The van der Waals surface area contributed by atoms with E-state index in [2.05, 4.69) is 17.1 Å². The molecule has 2 heterocycles. The van der Waals surface area contributed by atoms with Crippen LogP contribution in [0.15, 0.2) is 11.1 Å². The second kappa shape index (κ2) is 10.3. The predicted octanol–water partition coefficient (Wildman–Crippen LogP) is 2.87. The number of thioether (sulfide) groups is 1. The first-order valence-electron chi connectivity index (χ1n) is 9.74. The van der Waals surface area contributed by atoms with Crippen molar-refractivity contribution in [3.63, 3.8) is 0 Å². The molecule has 1 aliphatic rings. The van der Waals surface area contributed by atoms with E-state index < -0.39 is 0 Å². The molecule has 0 atom stereocenters. The lowest BCUT2D eigenvalue weighted by molar-refractivity contribution is 0.0944. The molecule has 6 nitrogen and oxygen atoms in total. The molecule has 1 fully saturated rings. The van der Waals surface area contributed by atoms with Gasteiger partial charge < -0.3 is 20.1 Å². The SMILES string of the molecule is CCSc1nc(N2CCOCC2)cc(C)c1C(=O)NCCCC(C)(C)CO. The number of rotatable bonds is 9. The molecule has 1 amide bonds. The summed E-state index contributed by atoms with van der Waals surface area (Å²) in [6.45, 7) is 12.0. The molecule has 0 spiro atoms. The third kappa shape index (κ3) is 6.36. The molecule has 2 rings (SSSR count). The smallest absolute Gasteiger partial charge is 0.254 e. The fraction of sp³-hybridized carbons (Fsp3) is 0.700. The molecule has 0 radical (unpaired) electrons. The average molecular weight is 396 g/mol. The Labute approximate surface area is 167 Å². The highest BCUT2D eigenvalue weighted by atomic mass is 32.2. The molecule has 0 aromatic carbocycles. The number of pyridine rings is 1. The number of hydrogen-bond acceptors (Lipinski definition) is 6. The van der Waals surface area contributed by atoms with Crippen LogP contribution in [0.1, 0.15) is 49.5 Å². The van der Waals surface area contributed by atoms with Gasteiger partial charge in [-0.2, -0.15) is 0 Å². The molecule has 7 heteroatoms. The average Bonchev–Trinajstić information content (AvgIpc) is 2.66. The van der Waals surface area contributed by atoms with Crippen molar-refractivity contribution in [3.8, 4) is 0 Å². The van der Waals surface area contributed by atoms with Crippen LogP contribution in [0.3, 0.4) is 0 Å². The highest BCUT2D eigenvalue weighted by Crippen LogP contribution is 2.28. The van der Waals surface area contributed by atoms with Gasteiger partial charge in [-0.25, -0.2) is 4.98 Å². The van der Waals surface area contributed by atoms with Crippen molar-refractivity contribution in [1.82, 2.24) is 10.3 Å². The number of aromatic nitrogens is 1. The van der Waals surface area contributed by atoms with Gasteiger partial charge in [-0.3, -0.25) is 4.79 Å². The van der Waals surface area contributed by atoms with Gasteiger partial charge in [0.2, 0.25) is 0 Å². The minimum absolute atomic E-state index is 0.0636. The Morgan fingerprint density at radius 1 is 1.41 bits per heavy atom. The Balaban J connectivity index is 2.08. The Morgan fingerprint density at radius 2 is 2.11 bits per heavy atom. The maximum atomic E-state index is 12.8. The van der Waals surface area contributed by atoms with E-state index in [-0.39, 0.29) is 17.9 Å². The van der Waals surface area contributed by atoms with Crippen LogP contribution in [-0.2, 0) is 4.74 Å². The molecular weight excluding hydrogens is 362 g/mol. The topological polar surface area (TPSA) is 74.7 Å². The van der Waals surface area contributed by atoms with E-state index in [0.717, 1.165) is 48.1 Å². The predicted molar refractivity (Wildman–Crippen MR) is 111 cm³/mol. The van der Waals surface area contributed by atoms with E-state index in [1.807, 2.05) is 26.8 Å². The lowest BCUT2D eigenvalue weighted by atomic mass is 9.89. The highest BCUT2D eigenvalue weighted by Gasteiger charge is 2.21. The van der Waals surface area contributed by atoms with E-state index in [0.29, 0.717) is 25.3 Å². The van der Waals surface area contributed by atoms with Gasteiger partial charge in [0.1, 0.15) is 10.8 Å². The van der Waals surface area contributed by atoms with Gasteiger partial charge in [0, 0.05) is 26.2 Å². The lowest BCUT2D eigenvalue weighted by Gasteiger charge is -2.29. The number of nitrogens with one attached hydrogen (secondary N) is 1. The first-order valence-corrected chi connectivity index (χ1v) is 10.7. The summed E-state index contributed by atoms with van der Waals surface area (Å²) in [7, 11) is 0. The quantitative estimate of drug-likeness (QED) is 0.495. The van der Waals surface area contributed by atoms with Gasteiger partial charge in [0.15, 0.2) is 0 Å². The number of aliphatic hydroxyl groups excluding tert-OH is 1. The van der Waals surface area contributed by atoms with Gasteiger partial charge in [0.25, 0.3) is 5.91 Å². The van der Waals surface area contributed by atoms with Crippen molar-refractivity contribution in [1.29, 1.82) is 0 Å². The lowest BCUT2D eigenvalue weighted by Crippen LogP contribution is -2.37. The van der Waals surface area contributed by atoms with E-state index in [1.165, 1.54) is 0 Å². The van der Waals surface area contributed by atoms with Crippen LogP contribution in [0.2, 0.25) is 0 Å². The Kier molecular flexibility index (Phi) is 8.38. The van der Waals surface area contributed by atoms with Gasteiger partial charge in [-0.05, 0) is 42.6 Å². The summed E-state index contributed by atoms with van der Waals surface area (Å²) in [6.07, 6.45) is 1.71. The molecule has 1 saturated heterocycles. The molecule has 0 aliphatic carbocycles. The molecule has 1 aliphatic heterocycles. The van der Waals surface area contributed by atoms with Gasteiger partial charge in [-0.15, -0.1) is 11.8 Å². The van der Waals surface area contributed by atoms with Crippen LogP contribution < -0.4 is 10.2 Å². The normalized spacial score (nSPS) is 15.1. The van der Waals surface area contributed by atoms with E-state index in [9.17, 15) is 9.90 Å². The Morgan fingerprint density at radius 3 is 2.74 bits per heavy atom. The Hall–Kier alpha value is -1.31. The Bertz CT molecular complexity index is 631. The number of aliphatic hydroxyl groups is 1. The maximum absolute atomic E-state index is 12.8. The van der Waals surface area contributed by atoms with Crippen molar-refractivity contribution in [2.45, 2.75) is 45.6 Å². The van der Waals surface area contributed by atoms with Crippen molar-refractivity contribution in [3.05, 3.63) is 17.2 Å². The molecule has 0 bridgehead atoms. The molecule has 1 aromatic rings. The summed E-state index contributed by atoms with van der Waals surface area (Å²) in [5.41, 5.74) is 1.53. The van der Waals surface area contributed by atoms with Crippen LogP contribution in [0.25, 0.3) is 0 Å². The molecule has 2 N–H and O–H groups in total. The third-order valence-electron chi connectivity index (χ3n) is 4.76. The number of ether oxygens (including phenoxy) is 1. The van der Waals surface area contributed by atoms with E-state index in [4.69, 9.17) is 9.72 Å². The van der Waals surface area contributed by atoms with Crippen molar-refractivity contribution in [2.24, 2.45) is 5.41 Å². The molecule has 152 valence electrons. The number of anilines is 1. The number of morpholine rings is 1. The maximum Gasteiger partial charge on any atom is 0.254 e. The minimum Gasteiger partial charge on any atom is -0.396 e. The molecule has 1 aromatic heterocycles. The standard InChI is InChI=1S/C20H33N3O3S/c1-5-27-19-17(18(25)21-8-6-7-20(3,4)14-24)15(2)13-16(22-19)23-9-11-26-12-10-23/h13,24H,5-12,14H2,1-4H3,(H,21,25). The van der Waals surface area contributed by atoms with Crippen molar-refractivity contribution in [2.75, 3.05) is 50.1 Å². The van der Waals surface area contributed by atoms with Crippen LogP contribution in [0.4, 0.5) is 5.82 Å². The summed E-state index contributed by atoms with van der Waals surface area (Å²) in [4.78, 5) is 19.8. The summed E-state index contributed by atoms with van der Waals surface area (Å²) < 4.78 is 5.42. The fourth-order valence-corrected chi connectivity index (χ4v) is 3.86. The monoisotopic (exact) mass is 395 g/mol. The second-order valence-electron chi connectivity index (χ2n) is 7.69. The zero-order valence-corrected chi connectivity index (χ0v) is 17.8. The number of carbonyl (C=O) groups excluding carboxylic acids is 1. The molecular formula is C20H33N3O3S. The molecule has 0 unspecified atom stereocenters. The number of aryl methyl sites for hydroxylation is 1. The first kappa shape index (κ1) is 22.0. The summed E-state index contributed by atoms with van der Waals surface area (Å²) in [6, 6.07) is 2.01. The molecule has 0 saturated carbocycles. The van der Waals surface area contributed by atoms with Gasteiger partial charge >= 0.3 is 0 Å². The van der Waals surface area contributed by atoms with E-state index >= 15 is 0 Å². The number of carbonyl (C=O) groups is 1. The van der Waals surface area contributed by atoms with E-state index in [1.54, 1.807) is 11.8 Å². The van der Waals surface area contributed by atoms with Crippen LogP contribution in [0, 0.1) is 12.3 Å².